The van der Waals surface area contributed by atoms with Crippen molar-refractivity contribution < 1.29 is 9.90 Å². The van der Waals surface area contributed by atoms with E-state index in [0.717, 1.165) is 6.29 Å². The lowest BCUT2D eigenvalue weighted by Gasteiger charge is -1.95. The highest BCUT2D eigenvalue weighted by molar-refractivity contribution is 5.75. The maximum Gasteiger partial charge on any atom is 0.316 e. The van der Waals surface area contributed by atoms with Crippen molar-refractivity contribution in [3.63, 3.8) is 0 Å². The Morgan fingerprint density at radius 1 is 1.75 bits per heavy atom. The van der Waals surface area contributed by atoms with E-state index in [9.17, 15) is 4.79 Å². The van der Waals surface area contributed by atoms with Crippen molar-refractivity contribution in [2.45, 2.75) is 25.9 Å². The molecule has 8 heavy (non-hydrogen) atoms. The summed E-state index contributed by atoms with van der Waals surface area (Å²) in [6.45, 7) is 1.67. The third kappa shape index (κ3) is 9.64. The summed E-state index contributed by atoms with van der Waals surface area (Å²) in [4.78, 5) is 9.60. The predicted octanol–water partition coefficient (Wildman–Crippen LogP) is -0.570. The van der Waals surface area contributed by atoms with E-state index in [1.165, 1.54) is 0 Å². The van der Waals surface area contributed by atoms with Crippen LogP contribution in [-0.4, -0.2) is 40.5 Å². The Bertz CT molecular complexity index is 54.4. The molecule has 0 radical (unpaired) electrons. The standard InChI is InChI=1S/C5H10O2.Mg.2H/c1-5(7)3-2-4-6;;;/h4-5,7H,2-3H2,1H3;;;. The Labute approximate surface area is 65.4 Å². The molecule has 46 valence electrons. The molecule has 0 bridgehead atoms. The number of aliphatic hydroxyl groups excluding tert-OH is 1. The van der Waals surface area contributed by atoms with Crippen LogP contribution >= 0.6 is 0 Å². The van der Waals surface area contributed by atoms with Crippen molar-refractivity contribution >= 4 is 29.3 Å². The number of aliphatic hydroxyl groups is 1. The average Bonchev–Trinajstić information content (AvgIpc) is 1.61. The Balaban J connectivity index is 0. The predicted molar refractivity (Wildman–Crippen MR) is 35.5 cm³/mol. The summed E-state index contributed by atoms with van der Waals surface area (Å²) in [6, 6.07) is 0. The van der Waals surface area contributed by atoms with Crippen LogP contribution in [0.25, 0.3) is 0 Å². The highest BCUT2D eigenvalue weighted by atomic mass is 24.3. The first-order valence-electron chi connectivity index (χ1n) is 2.39. The van der Waals surface area contributed by atoms with Crippen LogP contribution in [0.1, 0.15) is 19.8 Å². The molecule has 0 aliphatic rings. The van der Waals surface area contributed by atoms with Crippen molar-refractivity contribution in [3.8, 4) is 0 Å². The molecule has 2 nitrogen and oxygen atoms in total. The van der Waals surface area contributed by atoms with Gasteiger partial charge in [0, 0.05) is 6.42 Å². The number of carbonyl (C=O) groups excluding carboxylic acids is 1. The number of hydrogen-bond acceptors (Lipinski definition) is 2. The Hall–Kier alpha value is 0.396. The number of carbonyl (C=O) groups is 1. The minimum Gasteiger partial charge on any atom is -0.393 e. The SMILES string of the molecule is CC(O)CCC=O.[MgH2]. The molecular weight excluding hydrogens is 116 g/mol. The van der Waals surface area contributed by atoms with E-state index < -0.39 is 0 Å². The highest BCUT2D eigenvalue weighted by Crippen LogP contribution is 1.90. The zero-order valence-corrected chi connectivity index (χ0v) is 4.42. The van der Waals surface area contributed by atoms with E-state index in [1.54, 1.807) is 6.92 Å². The van der Waals surface area contributed by atoms with Gasteiger partial charge in [-0.2, -0.15) is 0 Å². The number of rotatable bonds is 3. The van der Waals surface area contributed by atoms with Gasteiger partial charge < -0.3 is 9.90 Å². The first kappa shape index (κ1) is 11.2. The van der Waals surface area contributed by atoms with Gasteiger partial charge in [-0.15, -0.1) is 0 Å². The summed E-state index contributed by atoms with van der Waals surface area (Å²) in [5.74, 6) is 0. The van der Waals surface area contributed by atoms with Crippen molar-refractivity contribution in [2.75, 3.05) is 0 Å². The van der Waals surface area contributed by atoms with E-state index in [4.69, 9.17) is 5.11 Å². The van der Waals surface area contributed by atoms with E-state index in [2.05, 4.69) is 0 Å². The van der Waals surface area contributed by atoms with Crippen LogP contribution in [0.3, 0.4) is 0 Å². The van der Waals surface area contributed by atoms with Gasteiger partial charge in [0.1, 0.15) is 6.29 Å². The molecule has 0 aliphatic heterocycles. The molecule has 0 aromatic rings. The van der Waals surface area contributed by atoms with Crippen LogP contribution < -0.4 is 0 Å². The Morgan fingerprint density at radius 2 is 2.25 bits per heavy atom. The summed E-state index contributed by atoms with van der Waals surface area (Å²) in [6.07, 6.45) is 1.54. The first-order valence-corrected chi connectivity index (χ1v) is 2.39. The Morgan fingerprint density at radius 3 is 2.38 bits per heavy atom. The monoisotopic (exact) mass is 128 g/mol. The molecule has 1 N–H and O–H groups in total. The zero-order valence-electron chi connectivity index (χ0n) is 4.42. The summed E-state index contributed by atoms with van der Waals surface area (Å²) in [7, 11) is 0. The van der Waals surface area contributed by atoms with Crippen LogP contribution in [0.5, 0.6) is 0 Å². The molecule has 0 heterocycles. The summed E-state index contributed by atoms with van der Waals surface area (Å²) in [5.41, 5.74) is 0. The molecule has 0 saturated heterocycles. The zero-order chi connectivity index (χ0) is 5.70. The normalized spacial score (nSPS) is 11.8. The van der Waals surface area contributed by atoms with Crippen molar-refractivity contribution in [2.24, 2.45) is 0 Å². The smallest absolute Gasteiger partial charge is 0.316 e. The van der Waals surface area contributed by atoms with E-state index in [-0.39, 0.29) is 29.2 Å². The van der Waals surface area contributed by atoms with Crippen molar-refractivity contribution in [1.82, 2.24) is 0 Å². The lowest BCUT2D eigenvalue weighted by Crippen LogP contribution is -1.98. The lowest BCUT2D eigenvalue weighted by atomic mass is 10.2. The third-order valence-corrected chi connectivity index (χ3v) is 0.702. The van der Waals surface area contributed by atoms with Crippen LogP contribution in [0.4, 0.5) is 0 Å². The van der Waals surface area contributed by atoms with Gasteiger partial charge in [-0.25, -0.2) is 0 Å². The van der Waals surface area contributed by atoms with Crippen molar-refractivity contribution in [3.05, 3.63) is 0 Å². The summed E-state index contributed by atoms with van der Waals surface area (Å²) < 4.78 is 0. The number of aldehydes is 1. The van der Waals surface area contributed by atoms with E-state index >= 15 is 0 Å². The third-order valence-electron chi connectivity index (χ3n) is 0.702. The molecule has 3 heteroatoms. The number of hydrogen-bond donors (Lipinski definition) is 1. The molecule has 0 saturated carbocycles. The largest absolute Gasteiger partial charge is 0.393 e. The fourth-order valence-corrected chi connectivity index (χ4v) is 0.309. The van der Waals surface area contributed by atoms with Gasteiger partial charge in [0.15, 0.2) is 0 Å². The van der Waals surface area contributed by atoms with Gasteiger partial charge in [0.2, 0.25) is 0 Å². The molecule has 0 aliphatic carbocycles. The minimum atomic E-state index is -0.329. The molecule has 0 rings (SSSR count). The minimum absolute atomic E-state index is 0. The van der Waals surface area contributed by atoms with E-state index in [0.29, 0.717) is 12.8 Å². The molecule has 0 aromatic carbocycles. The molecule has 1 unspecified atom stereocenters. The molecule has 0 spiro atoms. The topological polar surface area (TPSA) is 37.3 Å². The lowest BCUT2D eigenvalue weighted by molar-refractivity contribution is -0.108. The fourth-order valence-electron chi connectivity index (χ4n) is 0.309. The van der Waals surface area contributed by atoms with Gasteiger partial charge in [0.25, 0.3) is 0 Å². The highest BCUT2D eigenvalue weighted by Gasteiger charge is 1.90. The van der Waals surface area contributed by atoms with Gasteiger partial charge in [0.05, 0.1) is 6.10 Å². The first-order chi connectivity index (χ1) is 3.27. The van der Waals surface area contributed by atoms with Crippen molar-refractivity contribution in [1.29, 1.82) is 0 Å². The van der Waals surface area contributed by atoms with E-state index in [1.807, 2.05) is 0 Å². The van der Waals surface area contributed by atoms with Crippen LogP contribution in [0, 0.1) is 0 Å². The van der Waals surface area contributed by atoms with Gasteiger partial charge in [-0.05, 0) is 13.3 Å². The summed E-state index contributed by atoms with van der Waals surface area (Å²) >= 11 is 0. The summed E-state index contributed by atoms with van der Waals surface area (Å²) in [5, 5.41) is 8.52. The van der Waals surface area contributed by atoms with Gasteiger partial charge in [-0.3, -0.25) is 0 Å². The second kappa shape index (κ2) is 7.40. The maximum atomic E-state index is 9.60. The molecular formula is C5H12MgO2. The van der Waals surface area contributed by atoms with Gasteiger partial charge in [-0.1, -0.05) is 0 Å². The quantitative estimate of drug-likeness (QED) is 0.408. The fraction of sp³-hybridized carbons (Fsp3) is 0.800. The molecule has 0 fully saturated rings. The van der Waals surface area contributed by atoms with Crippen LogP contribution in [0.15, 0.2) is 0 Å². The van der Waals surface area contributed by atoms with Crippen LogP contribution in [-0.2, 0) is 4.79 Å². The van der Waals surface area contributed by atoms with Crippen LogP contribution in [0.2, 0.25) is 0 Å². The molecule has 1 atom stereocenters. The molecule has 0 amide bonds. The maximum absolute atomic E-state index is 9.60. The molecule has 0 aromatic heterocycles. The van der Waals surface area contributed by atoms with Gasteiger partial charge >= 0.3 is 23.1 Å². The average molecular weight is 128 g/mol. The Kier molecular flexibility index (Phi) is 10.4. The second-order valence-electron chi connectivity index (χ2n) is 1.59. The second-order valence-corrected chi connectivity index (χ2v) is 1.59.